The van der Waals surface area contributed by atoms with Crippen molar-refractivity contribution in [3.05, 3.63) is 65.2 Å². The maximum atomic E-state index is 6.14. The Morgan fingerprint density at radius 2 is 1.67 bits per heavy atom. The van der Waals surface area contributed by atoms with Gasteiger partial charge in [0.15, 0.2) is 6.10 Å². The first kappa shape index (κ1) is 10.2. The molecule has 0 spiro atoms. The summed E-state index contributed by atoms with van der Waals surface area (Å²) in [5, 5.41) is 0. The van der Waals surface area contributed by atoms with Gasteiger partial charge in [0.1, 0.15) is 11.9 Å². The minimum Gasteiger partial charge on any atom is -0.483 e. The van der Waals surface area contributed by atoms with Crippen LogP contribution in [0.3, 0.4) is 0 Å². The highest BCUT2D eigenvalue weighted by atomic mass is 16.5. The summed E-state index contributed by atoms with van der Waals surface area (Å²) in [7, 11) is 0. The second-order valence-corrected chi connectivity index (χ2v) is 4.90. The summed E-state index contributed by atoms with van der Waals surface area (Å²) >= 11 is 0. The molecule has 2 aliphatic rings. The van der Waals surface area contributed by atoms with Crippen LogP contribution < -0.4 is 4.74 Å². The van der Waals surface area contributed by atoms with Gasteiger partial charge in [0.05, 0.1) is 6.61 Å². The Balaban J connectivity index is 1.79. The molecule has 18 heavy (non-hydrogen) atoms. The summed E-state index contributed by atoms with van der Waals surface area (Å²) < 4.78 is 12.1. The molecule has 0 fully saturated rings. The standard InChI is InChI=1S/C16H14O2/c1-3-7-13-12(6-1)10-17-15-9-11-5-2-4-8-14(11)18-16(13)15/h1-8,15-16H,9-10H2. The lowest BCUT2D eigenvalue weighted by molar-refractivity contribution is -0.0612. The minimum atomic E-state index is 0.0462. The molecule has 2 nitrogen and oxygen atoms in total. The van der Waals surface area contributed by atoms with Crippen LogP contribution in [0.5, 0.6) is 5.75 Å². The quantitative estimate of drug-likeness (QED) is 0.701. The highest BCUT2D eigenvalue weighted by Gasteiger charge is 2.36. The average Bonchev–Trinajstić information content (AvgIpc) is 2.45. The summed E-state index contributed by atoms with van der Waals surface area (Å²) in [6.45, 7) is 0.697. The van der Waals surface area contributed by atoms with E-state index in [2.05, 4.69) is 36.4 Å². The number of fused-ring (bicyclic) bond motifs is 4. The lowest BCUT2D eigenvalue weighted by atomic mass is 9.90. The Morgan fingerprint density at radius 1 is 0.889 bits per heavy atom. The molecular weight excluding hydrogens is 224 g/mol. The van der Waals surface area contributed by atoms with Crippen molar-refractivity contribution in [3.8, 4) is 5.75 Å². The SMILES string of the molecule is c1ccc2c(c1)CC1OCc3ccccc3C1O2. The summed E-state index contributed by atoms with van der Waals surface area (Å²) in [6, 6.07) is 16.6. The fraction of sp³-hybridized carbons (Fsp3) is 0.250. The van der Waals surface area contributed by atoms with Crippen LogP contribution in [-0.2, 0) is 17.8 Å². The van der Waals surface area contributed by atoms with Crippen LogP contribution in [0.1, 0.15) is 22.8 Å². The van der Waals surface area contributed by atoms with Gasteiger partial charge in [-0.2, -0.15) is 0 Å². The molecule has 0 radical (unpaired) electrons. The fourth-order valence-corrected chi connectivity index (χ4v) is 2.87. The van der Waals surface area contributed by atoms with Crippen molar-refractivity contribution in [1.29, 1.82) is 0 Å². The molecule has 2 heteroatoms. The third-order valence-electron chi connectivity index (χ3n) is 3.80. The molecule has 2 aromatic rings. The molecule has 0 aromatic heterocycles. The number of rotatable bonds is 0. The predicted octanol–water partition coefficient (Wildman–Crippen LogP) is 3.26. The zero-order valence-electron chi connectivity index (χ0n) is 10.0. The first-order valence-corrected chi connectivity index (χ1v) is 6.36. The van der Waals surface area contributed by atoms with Gasteiger partial charge in [-0.25, -0.2) is 0 Å². The molecule has 0 bridgehead atoms. The Hall–Kier alpha value is -1.80. The maximum Gasteiger partial charge on any atom is 0.150 e. The molecule has 4 rings (SSSR count). The van der Waals surface area contributed by atoms with Crippen LogP contribution in [-0.4, -0.2) is 6.10 Å². The minimum absolute atomic E-state index is 0.0462. The fourth-order valence-electron chi connectivity index (χ4n) is 2.87. The second kappa shape index (κ2) is 3.85. The largest absolute Gasteiger partial charge is 0.483 e. The third kappa shape index (κ3) is 1.46. The number of hydrogen-bond acceptors (Lipinski definition) is 2. The second-order valence-electron chi connectivity index (χ2n) is 4.90. The lowest BCUT2D eigenvalue weighted by Gasteiger charge is -2.38. The Morgan fingerprint density at radius 3 is 2.61 bits per heavy atom. The summed E-state index contributed by atoms with van der Waals surface area (Å²) in [4.78, 5) is 0. The predicted molar refractivity (Wildman–Crippen MR) is 68.5 cm³/mol. The van der Waals surface area contributed by atoms with Crippen molar-refractivity contribution in [2.24, 2.45) is 0 Å². The van der Waals surface area contributed by atoms with Gasteiger partial charge in [-0.1, -0.05) is 42.5 Å². The van der Waals surface area contributed by atoms with Gasteiger partial charge >= 0.3 is 0 Å². The molecule has 0 saturated heterocycles. The molecule has 0 aliphatic carbocycles. The molecule has 0 saturated carbocycles. The number of benzene rings is 2. The molecule has 2 unspecified atom stereocenters. The lowest BCUT2D eigenvalue weighted by Crippen LogP contribution is -2.36. The van der Waals surface area contributed by atoms with Crippen LogP contribution in [0.4, 0.5) is 0 Å². The van der Waals surface area contributed by atoms with Gasteiger partial charge in [-0.15, -0.1) is 0 Å². The molecule has 0 N–H and O–H groups in total. The van der Waals surface area contributed by atoms with Crippen molar-refractivity contribution in [2.75, 3.05) is 0 Å². The van der Waals surface area contributed by atoms with E-state index in [1.165, 1.54) is 16.7 Å². The average molecular weight is 238 g/mol. The summed E-state index contributed by atoms with van der Waals surface area (Å²) in [5.74, 6) is 0.999. The zero-order chi connectivity index (χ0) is 11.9. The van der Waals surface area contributed by atoms with E-state index in [4.69, 9.17) is 9.47 Å². The number of para-hydroxylation sites is 1. The van der Waals surface area contributed by atoms with E-state index < -0.39 is 0 Å². The highest BCUT2D eigenvalue weighted by Crippen LogP contribution is 2.40. The zero-order valence-corrected chi connectivity index (χ0v) is 10.0. The topological polar surface area (TPSA) is 18.5 Å². The Labute approximate surface area is 106 Å². The molecule has 2 aromatic carbocycles. The van der Waals surface area contributed by atoms with Crippen LogP contribution in [0.15, 0.2) is 48.5 Å². The Bertz CT molecular complexity index is 591. The first-order chi connectivity index (χ1) is 8.92. The molecule has 2 atom stereocenters. The van der Waals surface area contributed by atoms with Crippen molar-refractivity contribution >= 4 is 0 Å². The van der Waals surface area contributed by atoms with Crippen molar-refractivity contribution < 1.29 is 9.47 Å². The smallest absolute Gasteiger partial charge is 0.150 e. The summed E-state index contributed by atoms with van der Waals surface area (Å²) in [5.41, 5.74) is 3.78. The molecule has 2 aliphatic heterocycles. The van der Waals surface area contributed by atoms with E-state index >= 15 is 0 Å². The number of hydrogen-bond donors (Lipinski definition) is 0. The van der Waals surface area contributed by atoms with Gasteiger partial charge in [-0.05, 0) is 17.2 Å². The van der Waals surface area contributed by atoms with Crippen LogP contribution >= 0.6 is 0 Å². The highest BCUT2D eigenvalue weighted by molar-refractivity contribution is 5.40. The maximum absolute atomic E-state index is 6.14. The molecule has 0 amide bonds. The van der Waals surface area contributed by atoms with Gasteiger partial charge < -0.3 is 9.47 Å². The van der Waals surface area contributed by atoms with E-state index in [0.29, 0.717) is 6.61 Å². The third-order valence-corrected chi connectivity index (χ3v) is 3.80. The van der Waals surface area contributed by atoms with Crippen LogP contribution in [0, 0.1) is 0 Å². The van der Waals surface area contributed by atoms with E-state index in [-0.39, 0.29) is 12.2 Å². The van der Waals surface area contributed by atoms with Crippen molar-refractivity contribution in [3.63, 3.8) is 0 Å². The van der Waals surface area contributed by atoms with Crippen molar-refractivity contribution in [2.45, 2.75) is 25.2 Å². The van der Waals surface area contributed by atoms with E-state index in [9.17, 15) is 0 Å². The van der Waals surface area contributed by atoms with Crippen LogP contribution in [0.25, 0.3) is 0 Å². The Kier molecular flexibility index (Phi) is 2.17. The first-order valence-electron chi connectivity index (χ1n) is 6.36. The molecular formula is C16H14O2. The molecule has 2 heterocycles. The van der Waals surface area contributed by atoms with Gasteiger partial charge in [0, 0.05) is 12.0 Å². The van der Waals surface area contributed by atoms with Gasteiger partial charge in [0.2, 0.25) is 0 Å². The summed E-state index contributed by atoms with van der Waals surface area (Å²) in [6.07, 6.45) is 1.13. The van der Waals surface area contributed by atoms with Crippen molar-refractivity contribution in [1.82, 2.24) is 0 Å². The monoisotopic (exact) mass is 238 g/mol. The van der Waals surface area contributed by atoms with Gasteiger partial charge in [0.25, 0.3) is 0 Å². The normalized spacial score (nSPS) is 24.4. The van der Waals surface area contributed by atoms with Gasteiger partial charge in [-0.3, -0.25) is 0 Å². The van der Waals surface area contributed by atoms with E-state index in [1.807, 2.05) is 12.1 Å². The number of ether oxygens (including phenoxy) is 2. The van der Waals surface area contributed by atoms with E-state index in [1.54, 1.807) is 0 Å². The van der Waals surface area contributed by atoms with Crippen LogP contribution in [0.2, 0.25) is 0 Å². The van der Waals surface area contributed by atoms with E-state index in [0.717, 1.165) is 12.2 Å². The molecule has 90 valence electrons.